The minimum atomic E-state index is -0.203. The largest absolute Gasteiger partial charge is 0.489 e. The first-order valence-electron chi connectivity index (χ1n) is 13.1. The molecule has 7 nitrogen and oxygen atoms in total. The molecule has 5 rings (SSSR count). The van der Waals surface area contributed by atoms with Crippen LogP contribution in [-0.4, -0.2) is 32.6 Å². The van der Waals surface area contributed by atoms with Crippen LogP contribution in [0.3, 0.4) is 0 Å². The third-order valence-electron chi connectivity index (χ3n) is 6.57. The highest BCUT2D eigenvalue weighted by atomic mass is 35.5. The molecule has 1 heterocycles. The van der Waals surface area contributed by atoms with Gasteiger partial charge in [-0.2, -0.15) is 5.10 Å². The number of aromatic nitrogens is 3. The molecule has 1 aromatic heterocycles. The van der Waals surface area contributed by atoms with Crippen LogP contribution >= 0.6 is 23.4 Å². The summed E-state index contributed by atoms with van der Waals surface area (Å²) in [6.07, 6.45) is 7.40. The summed E-state index contributed by atoms with van der Waals surface area (Å²) in [5, 5.41) is 14.5. The van der Waals surface area contributed by atoms with Gasteiger partial charge in [-0.3, -0.25) is 9.36 Å². The average molecular weight is 560 g/mol. The van der Waals surface area contributed by atoms with E-state index in [1.807, 2.05) is 78.9 Å². The highest BCUT2D eigenvalue weighted by Crippen LogP contribution is 2.35. The van der Waals surface area contributed by atoms with Crippen molar-refractivity contribution < 1.29 is 9.53 Å². The third kappa shape index (κ3) is 7.49. The molecular formula is C30H30ClN5O2S. The Labute approximate surface area is 237 Å². The van der Waals surface area contributed by atoms with Gasteiger partial charge < -0.3 is 4.74 Å². The number of hydrazone groups is 1. The number of benzene rings is 3. The molecule has 1 amide bonds. The Hall–Kier alpha value is -3.62. The molecule has 0 unspecified atom stereocenters. The first kappa shape index (κ1) is 27.0. The van der Waals surface area contributed by atoms with Crippen molar-refractivity contribution in [2.24, 2.45) is 5.10 Å². The van der Waals surface area contributed by atoms with E-state index in [1.165, 1.54) is 31.0 Å². The van der Waals surface area contributed by atoms with Crippen molar-refractivity contribution in [1.82, 2.24) is 20.2 Å². The Bertz CT molecular complexity index is 1390. The Kier molecular flexibility index (Phi) is 9.30. The average Bonchev–Trinajstić information content (AvgIpc) is 3.41. The van der Waals surface area contributed by atoms with Crippen molar-refractivity contribution in [2.75, 3.05) is 5.75 Å². The molecule has 39 heavy (non-hydrogen) atoms. The van der Waals surface area contributed by atoms with Crippen molar-refractivity contribution in [3.8, 4) is 17.1 Å². The minimum Gasteiger partial charge on any atom is -0.489 e. The van der Waals surface area contributed by atoms with E-state index in [0.29, 0.717) is 17.7 Å². The van der Waals surface area contributed by atoms with Crippen LogP contribution in [0.25, 0.3) is 11.4 Å². The topological polar surface area (TPSA) is 81.4 Å². The second kappa shape index (κ2) is 13.4. The molecule has 0 atom stereocenters. The van der Waals surface area contributed by atoms with Gasteiger partial charge in [-0.25, -0.2) is 5.43 Å². The van der Waals surface area contributed by atoms with Crippen molar-refractivity contribution in [3.63, 3.8) is 0 Å². The molecule has 0 saturated heterocycles. The first-order valence-corrected chi connectivity index (χ1v) is 14.4. The molecule has 1 fully saturated rings. The monoisotopic (exact) mass is 559 g/mol. The van der Waals surface area contributed by atoms with E-state index in [2.05, 4.69) is 25.3 Å². The van der Waals surface area contributed by atoms with Crippen LogP contribution < -0.4 is 10.2 Å². The zero-order chi connectivity index (χ0) is 26.9. The van der Waals surface area contributed by atoms with Gasteiger partial charge in [0.2, 0.25) is 0 Å². The van der Waals surface area contributed by atoms with E-state index in [1.54, 1.807) is 6.21 Å². The van der Waals surface area contributed by atoms with Crippen LogP contribution in [0.4, 0.5) is 0 Å². The van der Waals surface area contributed by atoms with E-state index < -0.39 is 0 Å². The molecule has 0 spiro atoms. The first-order chi connectivity index (χ1) is 19.2. The van der Waals surface area contributed by atoms with Crippen LogP contribution in [-0.2, 0) is 11.4 Å². The fourth-order valence-electron chi connectivity index (χ4n) is 4.57. The number of carbonyl (C=O) groups excluding carboxylic acids is 1. The SMILES string of the molecule is O=C(CSc1nnc(-c2ccc(Cl)cc2)n1C1CCCCC1)N/N=C\c1ccc(OCc2ccccc2)cc1. The van der Waals surface area contributed by atoms with E-state index in [9.17, 15) is 4.79 Å². The summed E-state index contributed by atoms with van der Waals surface area (Å²) in [6.45, 7) is 0.512. The summed E-state index contributed by atoms with van der Waals surface area (Å²) < 4.78 is 8.02. The zero-order valence-electron chi connectivity index (χ0n) is 21.5. The number of amides is 1. The van der Waals surface area contributed by atoms with Gasteiger partial charge >= 0.3 is 0 Å². The Balaban J connectivity index is 1.16. The number of nitrogens with zero attached hydrogens (tertiary/aromatic N) is 4. The lowest BCUT2D eigenvalue weighted by atomic mass is 9.95. The summed E-state index contributed by atoms with van der Waals surface area (Å²) in [7, 11) is 0. The van der Waals surface area contributed by atoms with Crippen LogP contribution in [0, 0.1) is 0 Å². The van der Waals surface area contributed by atoms with Crippen molar-refractivity contribution in [1.29, 1.82) is 0 Å². The maximum atomic E-state index is 12.5. The highest BCUT2D eigenvalue weighted by molar-refractivity contribution is 7.99. The van der Waals surface area contributed by atoms with Gasteiger partial charge in [0.1, 0.15) is 12.4 Å². The van der Waals surface area contributed by atoms with Gasteiger partial charge in [0.15, 0.2) is 11.0 Å². The normalized spacial score (nSPS) is 14.0. The second-order valence-electron chi connectivity index (χ2n) is 9.40. The third-order valence-corrected chi connectivity index (χ3v) is 7.77. The van der Waals surface area contributed by atoms with Crippen LogP contribution in [0.2, 0.25) is 5.02 Å². The molecule has 3 aromatic carbocycles. The van der Waals surface area contributed by atoms with Crippen LogP contribution in [0.5, 0.6) is 5.75 Å². The number of ether oxygens (including phenoxy) is 1. The molecule has 1 N–H and O–H groups in total. The summed E-state index contributed by atoms with van der Waals surface area (Å²) >= 11 is 7.47. The number of halogens is 1. The number of carbonyl (C=O) groups is 1. The molecule has 1 saturated carbocycles. The maximum Gasteiger partial charge on any atom is 0.250 e. The number of nitrogens with one attached hydrogen (secondary N) is 1. The number of rotatable bonds is 10. The Morgan fingerprint density at radius 1 is 1.00 bits per heavy atom. The zero-order valence-corrected chi connectivity index (χ0v) is 23.1. The van der Waals surface area contributed by atoms with Crippen LogP contribution in [0.15, 0.2) is 89.1 Å². The molecule has 4 aromatic rings. The van der Waals surface area contributed by atoms with Gasteiger partial charge in [-0.05, 0) is 72.5 Å². The summed E-state index contributed by atoms with van der Waals surface area (Å²) in [4.78, 5) is 12.5. The lowest BCUT2D eigenvalue weighted by Crippen LogP contribution is -2.20. The summed E-state index contributed by atoms with van der Waals surface area (Å²) in [5.74, 6) is 1.58. The van der Waals surface area contributed by atoms with Crippen molar-refractivity contribution >= 4 is 35.5 Å². The minimum absolute atomic E-state index is 0.190. The summed E-state index contributed by atoms with van der Waals surface area (Å²) in [6, 6.07) is 25.6. The highest BCUT2D eigenvalue weighted by Gasteiger charge is 2.24. The second-order valence-corrected chi connectivity index (χ2v) is 10.8. The van der Waals surface area contributed by atoms with Gasteiger partial charge in [0, 0.05) is 16.6 Å². The van der Waals surface area contributed by atoms with E-state index >= 15 is 0 Å². The van der Waals surface area contributed by atoms with Crippen molar-refractivity contribution in [2.45, 2.75) is 49.9 Å². The molecule has 1 aliphatic carbocycles. The van der Waals surface area contributed by atoms with E-state index in [4.69, 9.17) is 16.3 Å². The van der Waals surface area contributed by atoms with Crippen LogP contribution in [0.1, 0.15) is 49.3 Å². The molecule has 0 aliphatic heterocycles. The van der Waals surface area contributed by atoms with Gasteiger partial charge in [-0.1, -0.05) is 73.0 Å². The summed E-state index contributed by atoms with van der Waals surface area (Å²) in [5.41, 5.74) is 5.55. The van der Waals surface area contributed by atoms with E-state index in [-0.39, 0.29) is 11.7 Å². The van der Waals surface area contributed by atoms with E-state index in [0.717, 1.165) is 46.3 Å². The van der Waals surface area contributed by atoms with Crippen molar-refractivity contribution in [3.05, 3.63) is 95.0 Å². The number of hydrogen-bond donors (Lipinski definition) is 1. The predicted octanol–water partition coefficient (Wildman–Crippen LogP) is 6.93. The standard InChI is InChI=1S/C30H30ClN5O2S/c31-25-15-13-24(14-16-25)29-34-35-30(36(29)26-9-5-2-6-10-26)39-21-28(37)33-32-19-22-11-17-27(18-12-22)38-20-23-7-3-1-4-8-23/h1,3-4,7-8,11-19,26H,2,5-6,9-10,20-21H2,(H,33,37)/b32-19-. The molecule has 0 radical (unpaired) electrons. The fraction of sp³-hybridized carbons (Fsp3) is 0.267. The number of thioether (sulfide) groups is 1. The number of hydrogen-bond acceptors (Lipinski definition) is 6. The fourth-order valence-corrected chi connectivity index (χ4v) is 5.50. The lowest BCUT2D eigenvalue weighted by Gasteiger charge is -2.25. The quantitative estimate of drug-likeness (QED) is 0.129. The molecule has 9 heteroatoms. The maximum absolute atomic E-state index is 12.5. The molecule has 0 bridgehead atoms. The molecular weight excluding hydrogens is 530 g/mol. The smallest absolute Gasteiger partial charge is 0.250 e. The molecule has 1 aliphatic rings. The lowest BCUT2D eigenvalue weighted by molar-refractivity contribution is -0.118. The Morgan fingerprint density at radius 3 is 2.49 bits per heavy atom. The predicted molar refractivity (Wildman–Crippen MR) is 156 cm³/mol. The van der Waals surface area contributed by atoms with Gasteiger partial charge in [0.05, 0.1) is 12.0 Å². The van der Waals surface area contributed by atoms with Gasteiger partial charge in [0.25, 0.3) is 5.91 Å². The Morgan fingerprint density at radius 2 is 1.74 bits per heavy atom. The molecule has 200 valence electrons. The van der Waals surface area contributed by atoms with Gasteiger partial charge in [-0.15, -0.1) is 10.2 Å².